The highest BCUT2D eigenvalue weighted by Gasteiger charge is 2.19. The second kappa shape index (κ2) is 5.53. The average Bonchev–Trinajstić information content (AvgIpc) is 2.86. The molecular weight excluding hydrogens is 326 g/mol. The number of halogens is 1. The zero-order chi connectivity index (χ0) is 13.2. The molecule has 1 aromatic carbocycles. The Morgan fingerprint density at radius 1 is 1.21 bits per heavy atom. The SMILES string of the molecule is CNC(c1ccc2c(c1)OCCO2)c1cscc1Br. The van der Waals surface area contributed by atoms with Crippen molar-refractivity contribution in [2.24, 2.45) is 0 Å². The molecule has 0 radical (unpaired) electrons. The normalized spacial score (nSPS) is 15.3. The molecule has 5 heteroatoms. The van der Waals surface area contributed by atoms with Gasteiger partial charge in [0.2, 0.25) is 0 Å². The second-order valence-corrected chi connectivity index (χ2v) is 5.90. The standard InChI is InChI=1S/C14H14BrNO2S/c1-16-14(10-7-19-8-11(10)15)9-2-3-12-13(6-9)18-5-4-17-12/h2-3,6-8,14,16H,4-5H2,1H3. The van der Waals surface area contributed by atoms with Gasteiger partial charge < -0.3 is 14.8 Å². The lowest BCUT2D eigenvalue weighted by atomic mass is 10.0. The largest absolute Gasteiger partial charge is 0.486 e. The predicted molar refractivity (Wildman–Crippen MR) is 80.4 cm³/mol. The Morgan fingerprint density at radius 2 is 2.00 bits per heavy atom. The van der Waals surface area contributed by atoms with Gasteiger partial charge in [-0.15, -0.1) is 0 Å². The first-order valence-corrected chi connectivity index (χ1v) is 7.81. The third-order valence-corrected chi connectivity index (χ3v) is 4.89. The van der Waals surface area contributed by atoms with Gasteiger partial charge in [-0.1, -0.05) is 6.07 Å². The number of nitrogens with one attached hydrogen (secondary N) is 1. The third kappa shape index (κ3) is 2.50. The van der Waals surface area contributed by atoms with E-state index in [2.05, 4.69) is 44.1 Å². The summed E-state index contributed by atoms with van der Waals surface area (Å²) in [6.07, 6.45) is 0. The van der Waals surface area contributed by atoms with Crippen molar-refractivity contribution in [1.82, 2.24) is 5.32 Å². The fraction of sp³-hybridized carbons (Fsp3) is 0.286. The predicted octanol–water partition coefficient (Wildman–Crippen LogP) is 3.59. The molecule has 0 bridgehead atoms. The van der Waals surface area contributed by atoms with Crippen LogP contribution in [0.4, 0.5) is 0 Å². The van der Waals surface area contributed by atoms with Crippen molar-refractivity contribution in [3.63, 3.8) is 0 Å². The Balaban J connectivity index is 1.98. The highest BCUT2D eigenvalue weighted by molar-refractivity contribution is 9.10. The van der Waals surface area contributed by atoms with Crippen LogP contribution in [0.3, 0.4) is 0 Å². The summed E-state index contributed by atoms with van der Waals surface area (Å²) in [6.45, 7) is 1.24. The van der Waals surface area contributed by atoms with Gasteiger partial charge in [-0.3, -0.25) is 0 Å². The smallest absolute Gasteiger partial charge is 0.161 e. The summed E-state index contributed by atoms with van der Waals surface area (Å²) in [4.78, 5) is 0. The van der Waals surface area contributed by atoms with Gasteiger partial charge in [-0.25, -0.2) is 0 Å². The number of rotatable bonds is 3. The van der Waals surface area contributed by atoms with Crippen LogP contribution < -0.4 is 14.8 Å². The highest BCUT2D eigenvalue weighted by Crippen LogP contribution is 2.36. The van der Waals surface area contributed by atoms with E-state index in [4.69, 9.17) is 9.47 Å². The lowest BCUT2D eigenvalue weighted by Gasteiger charge is -2.22. The summed E-state index contributed by atoms with van der Waals surface area (Å²) in [5.74, 6) is 1.66. The van der Waals surface area contributed by atoms with E-state index >= 15 is 0 Å². The molecule has 19 heavy (non-hydrogen) atoms. The molecular formula is C14H14BrNO2S. The van der Waals surface area contributed by atoms with Crippen LogP contribution in [0.2, 0.25) is 0 Å². The van der Waals surface area contributed by atoms with Gasteiger partial charge in [0.15, 0.2) is 11.5 Å². The molecule has 1 unspecified atom stereocenters. The highest BCUT2D eigenvalue weighted by atomic mass is 79.9. The average molecular weight is 340 g/mol. The molecule has 0 saturated heterocycles. The number of thiophene rings is 1. The van der Waals surface area contributed by atoms with Gasteiger partial charge >= 0.3 is 0 Å². The van der Waals surface area contributed by atoms with Gasteiger partial charge in [0.1, 0.15) is 13.2 Å². The maximum atomic E-state index is 5.64. The molecule has 0 amide bonds. The van der Waals surface area contributed by atoms with E-state index < -0.39 is 0 Å². The van der Waals surface area contributed by atoms with Crippen LogP contribution in [0.1, 0.15) is 17.2 Å². The quantitative estimate of drug-likeness (QED) is 0.926. The maximum absolute atomic E-state index is 5.64. The first-order chi connectivity index (χ1) is 9.29. The lowest BCUT2D eigenvalue weighted by molar-refractivity contribution is 0.171. The number of hydrogen-bond donors (Lipinski definition) is 1. The van der Waals surface area contributed by atoms with Crippen molar-refractivity contribution < 1.29 is 9.47 Å². The maximum Gasteiger partial charge on any atom is 0.161 e. The van der Waals surface area contributed by atoms with Crippen LogP contribution in [0, 0.1) is 0 Å². The van der Waals surface area contributed by atoms with Gasteiger partial charge in [0.25, 0.3) is 0 Å². The summed E-state index contributed by atoms with van der Waals surface area (Å²) in [5, 5.41) is 7.60. The minimum absolute atomic E-state index is 0.149. The summed E-state index contributed by atoms with van der Waals surface area (Å²) in [5.41, 5.74) is 2.41. The van der Waals surface area contributed by atoms with Gasteiger partial charge in [0.05, 0.1) is 6.04 Å². The molecule has 3 nitrogen and oxygen atoms in total. The zero-order valence-electron chi connectivity index (χ0n) is 10.5. The van der Waals surface area contributed by atoms with Crippen molar-refractivity contribution in [2.45, 2.75) is 6.04 Å². The van der Waals surface area contributed by atoms with E-state index in [1.165, 1.54) is 11.1 Å². The van der Waals surface area contributed by atoms with E-state index in [0.29, 0.717) is 13.2 Å². The summed E-state index contributed by atoms with van der Waals surface area (Å²) < 4.78 is 12.3. The Bertz CT molecular complexity index is 585. The fourth-order valence-corrected chi connectivity index (χ4v) is 3.79. The molecule has 0 aliphatic carbocycles. The van der Waals surface area contributed by atoms with Crippen molar-refractivity contribution >= 4 is 27.3 Å². The molecule has 100 valence electrons. The number of ether oxygens (including phenoxy) is 2. The van der Waals surface area contributed by atoms with Crippen LogP contribution in [0.25, 0.3) is 0 Å². The monoisotopic (exact) mass is 339 g/mol. The van der Waals surface area contributed by atoms with Crippen LogP contribution >= 0.6 is 27.3 Å². The van der Waals surface area contributed by atoms with E-state index in [1.54, 1.807) is 11.3 Å². The number of benzene rings is 1. The summed E-state index contributed by atoms with van der Waals surface area (Å²) >= 11 is 5.28. The third-order valence-electron chi connectivity index (χ3n) is 3.14. The molecule has 2 heterocycles. The van der Waals surface area contributed by atoms with Crippen LogP contribution in [-0.4, -0.2) is 20.3 Å². The first kappa shape index (κ1) is 13.0. The molecule has 1 atom stereocenters. The summed E-state index contributed by atoms with van der Waals surface area (Å²) in [7, 11) is 1.96. The Morgan fingerprint density at radius 3 is 2.68 bits per heavy atom. The van der Waals surface area contributed by atoms with E-state index in [9.17, 15) is 0 Å². The van der Waals surface area contributed by atoms with Crippen molar-refractivity contribution in [1.29, 1.82) is 0 Å². The van der Waals surface area contributed by atoms with Crippen LogP contribution in [-0.2, 0) is 0 Å². The zero-order valence-corrected chi connectivity index (χ0v) is 12.9. The Kier molecular flexibility index (Phi) is 3.77. The molecule has 3 rings (SSSR count). The minimum atomic E-state index is 0.149. The van der Waals surface area contributed by atoms with Crippen molar-refractivity contribution in [2.75, 3.05) is 20.3 Å². The molecule has 1 aliphatic heterocycles. The topological polar surface area (TPSA) is 30.5 Å². The molecule has 0 spiro atoms. The van der Waals surface area contributed by atoms with E-state index in [0.717, 1.165) is 16.0 Å². The molecule has 1 aliphatic rings. The van der Waals surface area contributed by atoms with Crippen LogP contribution in [0.15, 0.2) is 33.4 Å². The lowest BCUT2D eigenvalue weighted by Crippen LogP contribution is -2.19. The molecule has 0 saturated carbocycles. The minimum Gasteiger partial charge on any atom is -0.486 e. The fourth-order valence-electron chi connectivity index (χ4n) is 2.24. The van der Waals surface area contributed by atoms with Gasteiger partial charge in [-0.05, 0) is 51.6 Å². The van der Waals surface area contributed by atoms with Crippen LogP contribution in [0.5, 0.6) is 11.5 Å². The van der Waals surface area contributed by atoms with Crippen molar-refractivity contribution in [3.05, 3.63) is 44.6 Å². The van der Waals surface area contributed by atoms with E-state index in [1.807, 2.05) is 13.1 Å². The Hall–Kier alpha value is -1.04. The number of hydrogen-bond acceptors (Lipinski definition) is 4. The van der Waals surface area contributed by atoms with Gasteiger partial charge in [0, 0.05) is 9.85 Å². The molecule has 2 aromatic rings. The first-order valence-electron chi connectivity index (χ1n) is 6.08. The van der Waals surface area contributed by atoms with E-state index in [-0.39, 0.29) is 6.04 Å². The molecule has 1 aromatic heterocycles. The number of fused-ring (bicyclic) bond motifs is 1. The summed E-state index contributed by atoms with van der Waals surface area (Å²) in [6, 6.07) is 6.27. The Labute approximate surface area is 124 Å². The molecule has 0 fully saturated rings. The van der Waals surface area contributed by atoms with Crippen molar-refractivity contribution in [3.8, 4) is 11.5 Å². The van der Waals surface area contributed by atoms with Gasteiger partial charge in [-0.2, -0.15) is 11.3 Å². The molecule has 1 N–H and O–H groups in total. The second-order valence-electron chi connectivity index (χ2n) is 4.30.